The van der Waals surface area contributed by atoms with E-state index in [2.05, 4.69) is 38.8 Å². The van der Waals surface area contributed by atoms with E-state index in [1.807, 2.05) is 0 Å². The van der Waals surface area contributed by atoms with Crippen molar-refractivity contribution < 1.29 is 19.1 Å². The van der Waals surface area contributed by atoms with Crippen molar-refractivity contribution in [3.63, 3.8) is 0 Å². The molecule has 0 aliphatic rings. The largest absolute Gasteiger partial charge is 0.422 e. The standard InChI is InChI=1S/C16H11Br2O4/c1-10(21-15(19)11-2-6-13(17)7-3-11)22-16(20)12-4-8-14(18)9-5-12/h2-10H,1H2. The molecule has 0 amide bonds. The lowest BCUT2D eigenvalue weighted by molar-refractivity contribution is -0.0558. The quantitative estimate of drug-likeness (QED) is 0.537. The van der Waals surface area contributed by atoms with Gasteiger partial charge in [-0.05, 0) is 48.5 Å². The maximum Gasteiger partial charge on any atom is 0.341 e. The molecule has 0 saturated carbocycles. The zero-order chi connectivity index (χ0) is 16.1. The summed E-state index contributed by atoms with van der Waals surface area (Å²) in [7, 11) is 0. The molecule has 0 saturated heterocycles. The van der Waals surface area contributed by atoms with Crippen LogP contribution in [-0.4, -0.2) is 18.2 Å². The van der Waals surface area contributed by atoms with Crippen LogP contribution in [0.3, 0.4) is 0 Å². The van der Waals surface area contributed by atoms with Crippen LogP contribution in [0.1, 0.15) is 20.7 Å². The molecule has 113 valence electrons. The van der Waals surface area contributed by atoms with Crippen LogP contribution >= 0.6 is 31.9 Å². The van der Waals surface area contributed by atoms with Crippen LogP contribution in [0.25, 0.3) is 0 Å². The average Bonchev–Trinajstić information content (AvgIpc) is 2.48. The van der Waals surface area contributed by atoms with Crippen LogP contribution < -0.4 is 0 Å². The van der Waals surface area contributed by atoms with Crippen molar-refractivity contribution in [3.05, 3.63) is 75.5 Å². The highest BCUT2D eigenvalue weighted by molar-refractivity contribution is 9.10. The molecule has 2 rings (SSSR count). The highest BCUT2D eigenvalue weighted by atomic mass is 79.9. The van der Waals surface area contributed by atoms with Crippen LogP contribution in [-0.2, 0) is 9.47 Å². The second-order valence-corrected chi connectivity index (χ2v) is 6.09. The Morgan fingerprint density at radius 1 is 0.773 bits per heavy atom. The highest BCUT2D eigenvalue weighted by Gasteiger charge is 2.17. The first-order valence-corrected chi connectivity index (χ1v) is 7.80. The summed E-state index contributed by atoms with van der Waals surface area (Å²) in [5, 5.41) is 0. The smallest absolute Gasteiger partial charge is 0.341 e. The first kappa shape index (κ1) is 16.7. The molecule has 0 aliphatic carbocycles. The first-order chi connectivity index (χ1) is 10.5. The Balaban J connectivity index is 1.93. The molecule has 22 heavy (non-hydrogen) atoms. The van der Waals surface area contributed by atoms with Gasteiger partial charge in [-0.2, -0.15) is 0 Å². The van der Waals surface area contributed by atoms with Gasteiger partial charge in [-0.3, -0.25) is 0 Å². The molecule has 1 radical (unpaired) electrons. The van der Waals surface area contributed by atoms with Gasteiger partial charge < -0.3 is 9.47 Å². The predicted octanol–water partition coefficient (Wildman–Crippen LogP) is 4.39. The van der Waals surface area contributed by atoms with E-state index >= 15 is 0 Å². The molecular formula is C16H11Br2O4. The summed E-state index contributed by atoms with van der Waals surface area (Å²) in [6.45, 7) is 3.50. The fraction of sp³-hybridized carbons (Fsp3) is 0.0625. The van der Waals surface area contributed by atoms with Crippen molar-refractivity contribution in [3.8, 4) is 0 Å². The van der Waals surface area contributed by atoms with E-state index in [1.54, 1.807) is 48.5 Å². The maximum atomic E-state index is 11.9. The molecular weight excluding hydrogens is 416 g/mol. The number of ether oxygens (including phenoxy) is 2. The SMILES string of the molecule is [CH2]C(OC(=O)c1ccc(Br)cc1)OC(=O)c1ccc(Br)cc1. The Labute approximate surface area is 144 Å². The molecule has 0 atom stereocenters. The minimum atomic E-state index is -1.23. The number of benzene rings is 2. The minimum Gasteiger partial charge on any atom is -0.422 e. The molecule has 0 unspecified atom stereocenters. The lowest BCUT2D eigenvalue weighted by Gasteiger charge is -2.14. The Morgan fingerprint density at radius 3 is 1.41 bits per heavy atom. The number of halogens is 2. The number of hydrogen-bond donors (Lipinski definition) is 0. The fourth-order valence-electron chi connectivity index (χ4n) is 1.57. The van der Waals surface area contributed by atoms with E-state index in [1.165, 1.54) is 0 Å². The summed E-state index contributed by atoms with van der Waals surface area (Å²) in [6.07, 6.45) is -1.23. The van der Waals surface area contributed by atoms with Crippen molar-refractivity contribution in [1.82, 2.24) is 0 Å². The molecule has 0 aromatic heterocycles. The Morgan fingerprint density at radius 2 is 1.09 bits per heavy atom. The Hall–Kier alpha value is -1.66. The zero-order valence-corrected chi connectivity index (χ0v) is 14.5. The van der Waals surface area contributed by atoms with Gasteiger partial charge in [-0.1, -0.05) is 31.9 Å². The average molecular weight is 427 g/mol. The van der Waals surface area contributed by atoms with E-state index in [-0.39, 0.29) is 0 Å². The molecule has 0 N–H and O–H groups in total. The maximum absolute atomic E-state index is 11.9. The lowest BCUT2D eigenvalue weighted by Crippen LogP contribution is -2.22. The summed E-state index contributed by atoms with van der Waals surface area (Å²) >= 11 is 6.54. The van der Waals surface area contributed by atoms with Crippen molar-refractivity contribution in [2.75, 3.05) is 0 Å². The fourth-order valence-corrected chi connectivity index (χ4v) is 2.10. The lowest BCUT2D eigenvalue weighted by atomic mass is 10.2. The first-order valence-electron chi connectivity index (χ1n) is 6.22. The highest BCUT2D eigenvalue weighted by Crippen LogP contribution is 2.14. The van der Waals surface area contributed by atoms with Gasteiger partial charge in [0.25, 0.3) is 0 Å². The number of hydrogen-bond acceptors (Lipinski definition) is 4. The summed E-state index contributed by atoms with van der Waals surface area (Å²) in [4.78, 5) is 23.7. The molecule has 6 heteroatoms. The third-order valence-electron chi connectivity index (χ3n) is 2.64. The van der Waals surface area contributed by atoms with E-state index in [4.69, 9.17) is 9.47 Å². The minimum absolute atomic E-state index is 0.344. The molecule has 0 aliphatic heterocycles. The predicted molar refractivity (Wildman–Crippen MR) is 88.3 cm³/mol. The van der Waals surface area contributed by atoms with Gasteiger partial charge in [0, 0.05) is 15.9 Å². The van der Waals surface area contributed by atoms with Crippen molar-refractivity contribution in [1.29, 1.82) is 0 Å². The van der Waals surface area contributed by atoms with Crippen LogP contribution in [0.4, 0.5) is 0 Å². The number of rotatable bonds is 4. The second kappa shape index (κ2) is 7.56. The second-order valence-electron chi connectivity index (χ2n) is 4.25. The molecule has 0 fully saturated rings. The molecule has 0 bridgehead atoms. The Kier molecular flexibility index (Phi) is 5.74. The monoisotopic (exact) mass is 425 g/mol. The number of esters is 2. The Bertz CT molecular complexity index is 606. The topological polar surface area (TPSA) is 52.6 Å². The van der Waals surface area contributed by atoms with E-state index in [0.29, 0.717) is 11.1 Å². The van der Waals surface area contributed by atoms with Gasteiger partial charge >= 0.3 is 11.9 Å². The summed E-state index contributed by atoms with van der Waals surface area (Å²) in [5.41, 5.74) is 0.688. The zero-order valence-electron chi connectivity index (χ0n) is 11.3. The van der Waals surface area contributed by atoms with Crippen LogP contribution in [0.15, 0.2) is 57.5 Å². The molecule has 4 nitrogen and oxygen atoms in total. The van der Waals surface area contributed by atoms with Gasteiger partial charge in [0.05, 0.1) is 11.1 Å². The summed E-state index contributed by atoms with van der Waals surface area (Å²) in [6, 6.07) is 13.2. The van der Waals surface area contributed by atoms with Gasteiger partial charge in [0.15, 0.2) is 0 Å². The molecule has 0 spiro atoms. The van der Waals surface area contributed by atoms with Crippen LogP contribution in [0.5, 0.6) is 0 Å². The van der Waals surface area contributed by atoms with Gasteiger partial charge in [0.1, 0.15) is 0 Å². The van der Waals surface area contributed by atoms with Crippen molar-refractivity contribution in [2.45, 2.75) is 6.29 Å². The van der Waals surface area contributed by atoms with Crippen LogP contribution in [0, 0.1) is 6.92 Å². The van der Waals surface area contributed by atoms with Gasteiger partial charge in [-0.15, -0.1) is 0 Å². The third kappa shape index (κ3) is 4.68. The normalized spacial score (nSPS) is 10.4. The summed E-state index contributed by atoms with van der Waals surface area (Å²) < 4.78 is 11.6. The molecule has 0 heterocycles. The van der Waals surface area contributed by atoms with Gasteiger partial charge in [0.2, 0.25) is 6.29 Å². The number of carbonyl (C=O) groups excluding carboxylic acids is 2. The molecule has 2 aromatic carbocycles. The van der Waals surface area contributed by atoms with E-state index in [0.717, 1.165) is 8.95 Å². The van der Waals surface area contributed by atoms with Crippen molar-refractivity contribution >= 4 is 43.8 Å². The summed E-state index contributed by atoms with van der Waals surface area (Å²) in [5.74, 6) is -1.23. The van der Waals surface area contributed by atoms with Gasteiger partial charge in [-0.25, -0.2) is 9.59 Å². The van der Waals surface area contributed by atoms with E-state index < -0.39 is 18.2 Å². The van der Waals surface area contributed by atoms with E-state index in [9.17, 15) is 9.59 Å². The molecule has 2 aromatic rings. The third-order valence-corrected chi connectivity index (χ3v) is 3.69. The number of carbonyl (C=O) groups is 2. The van der Waals surface area contributed by atoms with Crippen LogP contribution in [0.2, 0.25) is 0 Å². The van der Waals surface area contributed by atoms with Crippen molar-refractivity contribution in [2.24, 2.45) is 0 Å².